The molecule has 15 heavy (non-hydrogen) atoms. The number of anilines is 2. The smallest absolute Gasteiger partial charge is 0.105 e. The first-order valence-electron chi connectivity index (χ1n) is 5.59. The van der Waals surface area contributed by atoms with Crippen molar-refractivity contribution in [3.8, 4) is 0 Å². The maximum absolute atomic E-state index is 5.50. The average molecular weight is 205 g/mol. The van der Waals surface area contributed by atoms with Crippen LogP contribution >= 0.6 is 0 Å². The third-order valence-corrected chi connectivity index (χ3v) is 2.88. The molecule has 0 radical (unpaired) electrons. The van der Waals surface area contributed by atoms with E-state index in [9.17, 15) is 0 Å². The lowest BCUT2D eigenvalue weighted by Crippen LogP contribution is -2.38. The van der Waals surface area contributed by atoms with Crippen molar-refractivity contribution in [1.82, 2.24) is 0 Å². The summed E-state index contributed by atoms with van der Waals surface area (Å²) in [6.45, 7) is 2.98. The summed E-state index contributed by atoms with van der Waals surface area (Å²) in [6.07, 6.45) is 3.34. The zero-order valence-corrected chi connectivity index (χ0v) is 9.22. The van der Waals surface area contributed by atoms with Gasteiger partial charge in [-0.3, -0.25) is 0 Å². The molecule has 4 N–H and O–H groups in total. The molecule has 0 unspecified atom stereocenters. The van der Waals surface area contributed by atoms with Gasteiger partial charge in [-0.15, -0.1) is 0 Å². The largest absolute Gasteiger partial charge is 0.361 e. The van der Waals surface area contributed by atoms with Crippen LogP contribution in [0.25, 0.3) is 0 Å². The molecule has 0 aliphatic carbocycles. The van der Waals surface area contributed by atoms with Crippen LogP contribution in [0.1, 0.15) is 26.2 Å². The minimum atomic E-state index is -0.00113. The van der Waals surface area contributed by atoms with Crippen molar-refractivity contribution in [2.75, 3.05) is 17.2 Å². The van der Waals surface area contributed by atoms with E-state index < -0.39 is 0 Å². The van der Waals surface area contributed by atoms with E-state index >= 15 is 0 Å². The van der Waals surface area contributed by atoms with Gasteiger partial charge in [0.25, 0.3) is 0 Å². The normalized spacial score (nSPS) is 16.7. The highest BCUT2D eigenvalue weighted by molar-refractivity contribution is 5.75. The van der Waals surface area contributed by atoms with E-state index in [1.54, 1.807) is 0 Å². The predicted molar refractivity (Wildman–Crippen MR) is 65.0 cm³/mol. The molecule has 0 aromatic heterocycles. The Labute approximate surface area is 91.1 Å². The third-order valence-electron chi connectivity index (χ3n) is 2.88. The highest BCUT2D eigenvalue weighted by Gasteiger charge is 2.29. The summed E-state index contributed by atoms with van der Waals surface area (Å²) in [6, 6.07) is 8.32. The van der Waals surface area contributed by atoms with Gasteiger partial charge in [0.15, 0.2) is 0 Å². The first kappa shape index (κ1) is 10.3. The summed E-state index contributed by atoms with van der Waals surface area (Å²) < 4.78 is 0. The molecule has 1 heterocycles. The summed E-state index contributed by atoms with van der Waals surface area (Å²) in [5, 5.41) is 7.04. The summed E-state index contributed by atoms with van der Waals surface area (Å²) in [5.74, 6) is 0. The summed E-state index contributed by atoms with van der Waals surface area (Å²) in [4.78, 5) is 0. The van der Waals surface area contributed by atoms with E-state index in [0.29, 0.717) is 0 Å². The Balaban J connectivity index is 1.98. The fraction of sp³-hybridized carbons (Fsp3) is 0.500. The minimum absolute atomic E-state index is 0.00113. The SMILES string of the molecule is CC1(CCCCN)Nc2ccccc2N1. The quantitative estimate of drug-likeness (QED) is 0.661. The first-order chi connectivity index (χ1) is 7.23. The molecule has 1 aliphatic heterocycles. The van der Waals surface area contributed by atoms with Crippen LogP contribution in [0.4, 0.5) is 11.4 Å². The molecule has 0 amide bonds. The standard InChI is InChI=1S/C12H19N3/c1-12(8-4-5-9-13)14-10-6-2-3-7-11(10)15-12/h2-3,6-7,14-15H,4-5,8-9,13H2,1H3. The van der Waals surface area contributed by atoms with Gasteiger partial charge in [-0.05, 0) is 44.9 Å². The number of hydrogen-bond donors (Lipinski definition) is 3. The van der Waals surface area contributed by atoms with E-state index in [4.69, 9.17) is 5.73 Å². The first-order valence-corrected chi connectivity index (χ1v) is 5.59. The Bertz CT molecular complexity index is 310. The minimum Gasteiger partial charge on any atom is -0.361 e. The van der Waals surface area contributed by atoms with Crippen molar-refractivity contribution >= 4 is 11.4 Å². The van der Waals surface area contributed by atoms with Crippen molar-refractivity contribution < 1.29 is 0 Å². The molecule has 1 aromatic rings. The zero-order chi connectivity index (χ0) is 10.7. The van der Waals surface area contributed by atoms with Gasteiger partial charge in [-0.1, -0.05) is 12.1 Å². The lowest BCUT2D eigenvalue weighted by atomic mass is 10.1. The zero-order valence-electron chi connectivity index (χ0n) is 9.22. The van der Waals surface area contributed by atoms with Crippen molar-refractivity contribution in [3.63, 3.8) is 0 Å². The van der Waals surface area contributed by atoms with Crippen LogP contribution in [0.2, 0.25) is 0 Å². The maximum atomic E-state index is 5.50. The molecule has 1 aromatic carbocycles. The van der Waals surface area contributed by atoms with Crippen LogP contribution in [0.3, 0.4) is 0 Å². The van der Waals surface area contributed by atoms with Gasteiger partial charge in [0.2, 0.25) is 0 Å². The van der Waals surface area contributed by atoms with Gasteiger partial charge < -0.3 is 16.4 Å². The second-order valence-electron chi connectivity index (χ2n) is 4.37. The van der Waals surface area contributed by atoms with Crippen LogP contribution in [0, 0.1) is 0 Å². The molecule has 3 heteroatoms. The molecule has 2 rings (SSSR count). The lowest BCUT2D eigenvalue weighted by Gasteiger charge is -2.26. The van der Waals surface area contributed by atoms with Crippen LogP contribution < -0.4 is 16.4 Å². The van der Waals surface area contributed by atoms with Crippen molar-refractivity contribution in [3.05, 3.63) is 24.3 Å². The van der Waals surface area contributed by atoms with Gasteiger partial charge in [0.1, 0.15) is 5.66 Å². The number of unbranched alkanes of at least 4 members (excludes halogenated alkanes) is 1. The number of nitrogens with two attached hydrogens (primary N) is 1. The van der Waals surface area contributed by atoms with Gasteiger partial charge in [0.05, 0.1) is 11.4 Å². The highest BCUT2D eigenvalue weighted by Crippen LogP contribution is 2.35. The molecular weight excluding hydrogens is 186 g/mol. The van der Waals surface area contributed by atoms with E-state index in [1.807, 2.05) is 0 Å². The molecule has 1 aliphatic rings. The predicted octanol–water partition coefficient (Wildman–Crippen LogP) is 2.37. The van der Waals surface area contributed by atoms with E-state index in [2.05, 4.69) is 41.8 Å². The molecule has 0 bridgehead atoms. The van der Waals surface area contributed by atoms with E-state index in [0.717, 1.165) is 25.8 Å². The van der Waals surface area contributed by atoms with Crippen LogP contribution in [-0.2, 0) is 0 Å². The Morgan fingerprint density at radius 3 is 2.27 bits per heavy atom. The van der Waals surface area contributed by atoms with Crippen molar-refractivity contribution in [2.45, 2.75) is 31.8 Å². The monoisotopic (exact) mass is 205 g/mol. The Hall–Kier alpha value is -1.22. The topological polar surface area (TPSA) is 50.1 Å². The molecule has 3 nitrogen and oxygen atoms in total. The molecule has 0 spiro atoms. The van der Waals surface area contributed by atoms with Crippen LogP contribution in [0.5, 0.6) is 0 Å². The Morgan fingerprint density at radius 1 is 1.13 bits per heavy atom. The molecular formula is C12H19N3. The Morgan fingerprint density at radius 2 is 1.73 bits per heavy atom. The molecule has 82 valence electrons. The molecule has 0 fully saturated rings. The molecule has 0 saturated carbocycles. The second kappa shape index (κ2) is 4.11. The Kier molecular flexibility index (Phi) is 2.82. The van der Waals surface area contributed by atoms with Gasteiger partial charge in [-0.25, -0.2) is 0 Å². The molecule has 0 saturated heterocycles. The fourth-order valence-electron chi connectivity index (χ4n) is 2.07. The number of fused-ring (bicyclic) bond motifs is 1. The van der Waals surface area contributed by atoms with Gasteiger partial charge >= 0.3 is 0 Å². The van der Waals surface area contributed by atoms with Crippen LogP contribution in [-0.4, -0.2) is 12.2 Å². The van der Waals surface area contributed by atoms with Crippen LogP contribution in [0.15, 0.2) is 24.3 Å². The number of nitrogens with one attached hydrogen (secondary N) is 2. The lowest BCUT2D eigenvalue weighted by molar-refractivity contribution is 0.512. The summed E-state index contributed by atoms with van der Waals surface area (Å²) >= 11 is 0. The number of benzene rings is 1. The summed E-state index contributed by atoms with van der Waals surface area (Å²) in [7, 11) is 0. The van der Waals surface area contributed by atoms with E-state index in [1.165, 1.54) is 11.4 Å². The third kappa shape index (κ3) is 2.23. The van der Waals surface area contributed by atoms with Crippen molar-refractivity contribution in [1.29, 1.82) is 0 Å². The highest BCUT2D eigenvalue weighted by atomic mass is 15.2. The summed E-state index contributed by atoms with van der Waals surface area (Å²) in [5.41, 5.74) is 7.90. The average Bonchev–Trinajstić information content (AvgIpc) is 2.54. The molecule has 0 atom stereocenters. The van der Waals surface area contributed by atoms with Gasteiger partial charge in [-0.2, -0.15) is 0 Å². The van der Waals surface area contributed by atoms with E-state index in [-0.39, 0.29) is 5.66 Å². The van der Waals surface area contributed by atoms with Crippen molar-refractivity contribution in [2.24, 2.45) is 5.73 Å². The maximum Gasteiger partial charge on any atom is 0.105 e. The van der Waals surface area contributed by atoms with Gasteiger partial charge in [0, 0.05) is 0 Å². The number of hydrogen-bond acceptors (Lipinski definition) is 3. The number of para-hydroxylation sites is 2. The fourth-order valence-corrected chi connectivity index (χ4v) is 2.07. The number of rotatable bonds is 4. The second-order valence-corrected chi connectivity index (χ2v) is 4.37.